The van der Waals surface area contributed by atoms with Crippen molar-refractivity contribution in [1.82, 2.24) is 4.90 Å². The lowest BCUT2D eigenvalue weighted by molar-refractivity contribution is -0.140. The zero-order valence-electron chi connectivity index (χ0n) is 11.8. The van der Waals surface area contributed by atoms with Crippen LogP contribution in [0, 0.1) is 0 Å². The van der Waals surface area contributed by atoms with Crippen molar-refractivity contribution in [2.75, 3.05) is 19.8 Å². The van der Waals surface area contributed by atoms with Gasteiger partial charge in [0.25, 0.3) is 0 Å². The number of alkyl halides is 3. The number of nitrogens with zero attached hydrogens (tertiary/aromatic N) is 1. The molecule has 116 valence electrons. The van der Waals surface area contributed by atoms with E-state index in [9.17, 15) is 18.0 Å². The van der Waals surface area contributed by atoms with E-state index in [1.54, 1.807) is 11.0 Å². The highest BCUT2D eigenvalue weighted by Crippen LogP contribution is 2.29. The molecule has 1 amide bonds. The Morgan fingerprint density at radius 3 is 2.86 bits per heavy atom. The summed E-state index contributed by atoms with van der Waals surface area (Å²) in [5.41, 5.74) is -0.335. The molecule has 21 heavy (non-hydrogen) atoms. The number of hydrogen-bond donors (Lipinski definition) is 0. The Labute approximate surface area is 121 Å². The zero-order chi connectivity index (χ0) is 15.5. The summed E-state index contributed by atoms with van der Waals surface area (Å²) in [6.45, 7) is 3.43. The second kappa shape index (κ2) is 6.47. The Bertz CT molecular complexity index is 502. The van der Waals surface area contributed by atoms with Crippen LogP contribution in [0.15, 0.2) is 24.3 Å². The van der Waals surface area contributed by atoms with E-state index >= 15 is 0 Å². The van der Waals surface area contributed by atoms with E-state index in [1.807, 2.05) is 6.92 Å². The number of carbonyl (C=O) groups excluding carboxylic acids is 1. The largest absolute Gasteiger partial charge is 0.416 e. The van der Waals surface area contributed by atoms with Crippen LogP contribution in [0.5, 0.6) is 0 Å². The Hall–Kier alpha value is -1.56. The van der Waals surface area contributed by atoms with E-state index in [-0.39, 0.29) is 18.4 Å². The molecule has 6 heteroatoms. The van der Waals surface area contributed by atoms with Crippen LogP contribution in [-0.4, -0.2) is 36.6 Å². The van der Waals surface area contributed by atoms with Crippen LogP contribution in [0.2, 0.25) is 0 Å². The van der Waals surface area contributed by atoms with Gasteiger partial charge in [-0.1, -0.05) is 25.1 Å². The molecule has 0 aromatic heterocycles. The second-order valence-electron chi connectivity index (χ2n) is 5.10. The minimum atomic E-state index is -4.38. The average molecular weight is 301 g/mol. The van der Waals surface area contributed by atoms with E-state index in [0.29, 0.717) is 25.3 Å². The van der Waals surface area contributed by atoms with Gasteiger partial charge in [-0.3, -0.25) is 4.79 Å². The predicted octanol–water partition coefficient (Wildman–Crippen LogP) is 2.89. The fraction of sp³-hybridized carbons (Fsp3) is 0.533. The van der Waals surface area contributed by atoms with Crippen molar-refractivity contribution in [1.29, 1.82) is 0 Å². The van der Waals surface area contributed by atoms with Crippen LogP contribution < -0.4 is 0 Å². The lowest BCUT2D eigenvalue weighted by Crippen LogP contribution is -2.48. The van der Waals surface area contributed by atoms with Crippen LogP contribution in [0.4, 0.5) is 13.2 Å². The summed E-state index contributed by atoms with van der Waals surface area (Å²) >= 11 is 0. The quantitative estimate of drug-likeness (QED) is 0.859. The summed E-state index contributed by atoms with van der Waals surface area (Å²) in [4.78, 5) is 14.0. The Kier molecular flexibility index (Phi) is 4.88. The molecule has 1 aromatic rings. The smallest absolute Gasteiger partial charge is 0.377 e. The third-order valence-electron chi connectivity index (χ3n) is 3.63. The van der Waals surface area contributed by atoms with Crippen LogP contribution >= 0.6 is 0 Å². The number of ether oxygens (including phenoxy) is 1. The van der Waals surface area contributed by atoms with E-state index in [4.69, 9.17) is 4.74 Å². The van der Waals surface area contributed by atoms with Gasteiger partial charge in [0.1, 0.15) is 0 Å². The molecule has 1 unspecified atom stereocenters. The molecule has 3 nitrogen and oxygen atoms in total. The molecular formula is C15H18F3NO2. The van der Waals surface area contributed by atoms with Gasteiger partial charge in [-0.25, -0.2) is 0 Å². The van der Waals surface area contributed by atoms with E-state index < -0.39 is 11.7 Å². The van der Waals surface area contributed by atoms with Gasteiger partial charge in [0.05, 0.1) is 31.2 Å². The summed E-state index contributed by atoms with van der Waals surface area (Å²) in [6, 6.07) is 4.95. The highest BCUT2D eigenvalue weighted by Gasteiger charge is 2.31. The number of benzene rings is 1. The molecule has 1 aliphatic rings. The topological polar surface area (TPSA) is 29.5 Å². The van der Waals surface area contributed by atoms with Gasteiger partial charge < -0.3 is 9.64 Å². The van der Waals surface area contributed by atoms with E-state index in [0.717, 1.165) is 18.6 Å². The van der Waals surface area contributed by atoms with Gasteiger partial charge in [-0.05, 0) is 18.1 Å². The van der Waals surface area contributed by atoms with Gasteiger partial charge in [0, 0.05) is 6.54 Å². The first-order chi connectivity index (χ1) is 9.91. The van der Waals surface area contributed by atoms with Crippen LogP contribution in [0.3, 0.4) is 0 Å². The molecule has 0 bridgehead atoms. The van der Waals surface area contributed by atoms with Crippen molar-refractivity contribution >= 4 is 5.91 Å². The molecule has 0 radical (unpaired) electrons. The molecule has 1 fully saturated rings. The minimum absolute atomic E-state index is 0.0112. The number of amides is 1. The normalized spacial score (nSPS) is 19.6. The monoisotopic (exact) mass is 301 g/mol. The third kappa shape index (κ3) is 3.97. The van der Waals surface area contributed by atoms with Gasteiger partial charge in [0.15, 0.2) is 0 Å². The van der Waals surface area contributed by atoms with Crippen molar-refractivity contribution in [2.24, 2.45) is 0 Å². The lowest BCUT2D eigenvalue weighted by Gasteiger charge is -2.35. The molecule has 0 spiro atoms. The summed E-state index contributed by atoms with van der Waals surface area (Å²) in [5.74, 6) is -0.149. The minimum Gasteiger partial charge on any atom is -0.377 e. The SMILES string of the molecule is CCC1COCCN1C(=O)Cc1cccc(C(F)(F)F)c1. The maximum atomic E-state index is 12.7. The predicted molar refractivity (Wildman–Crippen MR) is 71.8 cm³/mol. The lowest BCUT2D eigenvalue weighted by atomic mass is 10.1. The number of rotatable bonds is 3. The second-order valence-corrected chi connectivity index (χ2v) is 5.10. The number of hydrogen-bond acceptors (Lipinski definition) is 2. The summed E-state index contributed by atoms with van der Waals surface area (Å²) < 4.78 is 43.3. The first kappa shape index (κ1) is 15.8. The maximum absolute atomic E-state index is 12.7. The van der Waals surface area contributed by atoms with Gasteiger partial charge in [-0.2, -0.15) is 13.2 Å². The fourth-order valence-electron chi connectivity index (χ4n) is 2.46. The molecule has 1 heterocycles. The third-order valence-corrected chi connectivity index (χ3v) is 3.63. The molecule has 2 rings (SSSR count). The fourth-order valence-corrected chi connectivity index (χ4v) is 2.46. The maximum Gasteiger partial charge on any atom is 0.416 e. The average Bonchev–Trinajstić information content (AvgIpc) is 2.46. The van der Waals surface area contributed by atoms with Crippen LogP contribution in [0.25, 0.3) is 0 Å². The molecule has 0 N–H and O–H groups in total. The first-order valence-electron chi connectivity index (χ1n) is 6.95. The Morgan fingerprint density at radius 1 is 1.43 bits per heavy atom. The summed E-state index contributed by atoms with van der Waals surface area (Å²) in [7, 11) is 0. The highest BCUT2D eigenvalue weighted by molar-refractivity contribution is 5.79. The van der Waals surface area contributed by atoms with E-state index in [1.165, 1.54) is 6.07 Å². The highest BCUT2D eigenvalue weighted by atomic mass is 19.4. The van der Waals surface area contributed by atoms with Crippen LogP contribution in [0.1, 0.15) is 24.5 Å². The molecule has 1 aromatic carbocycles. The molecule has 1 saturated heterocycles. The Morgan fingerprint density at radius 2 is 2.19 bits per heavy atom. The molecule has 0 saturated carbocycles. The van der Waals surface area contributed by atoms with Crippen molar-refractivity contribution in [2.45, 2.75) is 32.0 Å². The van der Waals surface area contributed by atoms with Crippen molar-refractivity contribution in [3.63, 3.8) is 0 Å². The first-order valence-corrected chi connectivity index (χ1v) is 6.95. The summed E-state index contributed by atoms with van der Waals surface area (Å²) in [6.07, 6.45) is -3.63. The molecular weight excluding hydrogens is 283 g/mol. The van der Waals surface area contributed by atoms with Crippen molar-refractivity contribution in [3.8, 4) is 0 Å². The van der Waals surface area contributed by atoms with Gasteiger partial charge in [0.2, 0.25) is 5.91 Å². The number of carbonyl (C=O) groups is 1. The van der Waals surface area contributed by atoms with E-state index in [2.05, 4.69) is 0 Å². The Balaban J connectivity index is 2.08. The zero-order valence-corrected chi connectivity index (χ0v) is 11.8. The van der Waals surface area contributed by atoms with Gasteiger partial charge in [-0.15, -0.1) is 0 Å². The van der Waals surface area contributed by atoms with Crippen molar-refractivity contribution in [3.05, 3.63) is 35.4 Å². The van der Waals surface area contributed by atoms with Crippen molar-refractivity contribution < 1.29 is 22.7 Å². The standard InChI is InChI=1S/C15H18F3NO2/c1-2-13-10-21-7-6-19(13)14(20)9-11-4-3-5-12(8-11)15(16,17)18/h3-5,8,13H,2,6-7,9-10H2,1H3. The van der Waals surface area contributed by atoms with Gasteiger partial charge >= 0.3 is 6.18 Å². The van der Waals surface area contributed by atoms with Crippen LogP contribution in [-0.2, 0) is 22.1 Å². The molecule has 0 aliphatic carbocycles. The summed E-state index contributed by atoms with van der Waals surface area (Å²) in [5, 5.41) is 0. The molecule has 1 aliphatic heterocycles. The number of halogens is 3. The number of morpholine rings is 1. The molecule has 1 atom stereocenters.